The third kappa shape index (κ3) is 2.69. The van der Waals surface area contributed by atoms with E-state index in [1.807, 2.05) is 24.3 Å². The van der Waals surface area contributed by atoms with Crippen molar-refractivity contribution in [1.82, 2.24) is 25.4 Å². The lowest BCUT2D eigenvalue weighted by Gasteiger charge is -2.37. The summed E-state index contributed by atoms with van der Waals surface area (Å²) in [5, 5.41) is 25.3. The number of fused-ring (bicyclic) bond motifs is 5. The number of pyridine rings is 1. The van der Waals surface area contributed by atoms with Crippen LogP contribution in [0.25, 0.3) is 22.6 Å². The number of H-pyrrole nitrogens is 1. The first-order chi connectivity index (χ1) is 16.4. The molecule has 0 unspecified atom stereocenters. The third-order valence-electron chi connectivity index (χ3n) is 7.85. The molecular formula is C26H23F2N5O. The minimum atomic E-state index is -0.651. The van der Waals surface area contributed by atoms with E-state index in [0.29, 0.717) is 17.1 Å². The Hall–Kier alpha value is -3.52. The average molecular weight is 460 g/mol. The van der Waals surface area contributed by atoms with Gasteiger partial charge in [-0.25, -0.2) is 8.78 Å². The van der Waals surface area contributed by atoms with Crippen LogP contribution in [0.5, 0.6) is 0 Å². The summed E-state index contributed by atoms with van der Waals surface area (Å²) in [5.74, 6) is -1.13. The Morgan fingerprint density at radius 2 is 1.76 bits per heavy atom. The first-order valence-electron chi connectivity index (χ1n) is 11.3. The number of aromatic amines is 1. The number of hydrogen-bond donors (Lipinski definition) is 2. The molecule has 0 aliphatic heterocycles. The molecule has 8 heteroatoms. The number of rotatable bonds is 4. The molecule has 0 amide bonds. The molecule has 2 aliphatic carbocycles. The number of hydrogen-bond acceptors (Lipinski definition) is 5. The average Bonchev–Trinajstić information content (AvgIpc) is 3.47. The van der Waals surface area contributed by atoms with Crippen LogP contribution in [0.1, 0.15) is 55.3 Å². The number of aromatic nitrogens is 5. The molecule has 2 aliphatic rings. The molecule has 2 bridgehead atoms. The summed E-state index contributed by atoms with van der Waals surface area (Å²) >= 11 is 0. The molecule has 172 valence electrons. The quantitative estimate of drug-likeness (QED) is 0.453. The molecule has 1 saturated carbocycles. The smallest absolute Gasteiger partial charge is 0.135 e. The molecule has 0 spiro atoms. The lowest BCUT2D eigenvalue weighted by Crippen LogP contribution is -2.37. The van der Waals surface area contributed by atoms with Crippen molar-refractivity contribution in [3.63, 3.8) is 0 Å². The lowest BCUT2D eigenvalue weighted by molar-refractivity contribution is 0.243. The van der Waals surface area contributed by atoms with Crippen LogP contribution in [0.2, 0.25) is 0 Å². The molecule has 2 N–H and O–H groups in total. The van der Waals surface area contributed by atoms with Crippen molar-refractivity contribution >= 4 is 0 Å². The topological polar surface area (TPSA) is 87.6 Å². The Kier molecular flexibility index (Phi) is 4.48. The van der Waals surface area contributed by atoms with Crippen LogP contribution in [0, 0.1) is 17.0 Å². The largest absolute Gasteiger partial charge is 0.390 e. The highest BCUT2D eigenvalue weighted by atomic mass is 19.1. The summed E-state index contributed by atoms with van der Waals surface area (Å²) in [6, 6.07) is 13.3. The van der Waals surface area contributed by atoms with Crippen molar-refractivity contribution in [1.29, 1.82) is 0 Å². The SMILES string of the molecule is CC1(C)[C@H]2CC[C@@]1(c1cccc(-c3cc(CO)[nH]n3)n1)c1nnc(-c3c(F)cccc3F)cc12. The molecule has 0 radical (unpaired) electrons. The minimum Gasteiger partial charge on any atom is -0.390 e. The first kappa shape index (κ1) is 21.0. The monoisotopic (exact) mass is 459 g/mol. The minimum absolute atomic E-state index is 0.126. The van der Waals surface area contributed by atoms with Crippen LogP contribution in [-0.2, 0) is 12.0 Å². The van der Waals surface area contributed by atoms with Gasteiger partial charge in [0.05, 0.1) is 46.1 Å². The molecule has 6 nitrogen and oxygen atoms in total. The number of halogens is 2. The van der Waals surface area contributed by atoms with Gasteiger partial charge in [0.25, 0.3) is 0 Å². The van der Waals surface area contributed by atoms with Crippen molar-refractivity contribution in [3.05, 3.63) is 82.8 Å². The first-order valence-corrected chi connectivity index (χ1v) is 11.3. The standard InChI is InChI=1S/C26H23F2N5O/c1-25(2)16-9-10-26(25,22-8-4-7-19(29-22)20-11-14(13-34)30-31-20)24-15(16)12-21(32-33-24)23-17(27)5-3-6-18(23)28/h3-8,11-12,16,34H,9-10,13H2,1-2H3,(H,30,31)/t16-,26+/m0/s1. The van der Waals surface area contributed by atoms with Gasteiger partial charge in [-0.15, -0.1) is 5.10 Å². The molecule has 4 aromatic rings. The fourth-order valence-corrected chi connectivity index (χ4v) is 6.15. The third-order valence-corrected chi connectivity index (χ3v) is 7.85. The van der Waals surface area contributed by atoms with E-state index in [9.17, 15) is 13.9 Å². The second-order valence-corrected chi connectivity index (χ2v) is 9.69. The zero-order valence-corrected chi connectivity index (χ0v) is 18.8. The molecule has 1 aromatic carbocycles. The summed E-state index contributed by atoms with van der Waals surface area (Å²) in [4.78, 5) is 4.99. The highest BCUT2D eigenvalue weighted by Crippen LogP contribution is 2.69. The van der Waals surface area contributed by atoms with E-state index >= 15 is 0 Å². The number of aliphatic hydroxyl groups is 1. The van der Waals surface area contributed by atoms with Gasteiger partial charge in [0.15, 0.2) is 0 Å². The predicted molar refractivity (Wildman–Crippen MR) is 122 cm³/mol. The molecule has 3 heterocycles. The van der Waals surface area contributed by atoms with Crippen molar-refractivity contribution in [3.8, 4) is 22.6 Å². The highest BCUT2D eigenvalue weighted by molar-refractivity contribution is 5.64. The summed E-state index contributed by atoms with van der Waals surface area (Å²) < 4.78 is 28.9. The Bertz CT molecular complexity index is 1410. The maximum atomic E-state index is 14.5. The van der Waals surface area contributed by atoms with Gasteiger partial charge in [-0.05, 0) is 66.1 Å². The fraction of sp³-hybridized carbons (Fsp3) is 0.308. The van der Waals surface area contributed by atoms with Crippen molar-refractivity contribution in [2.75, 3.05) is 0 Å². The van der Waals surface area contributed by atoms with Gasteiger partial charge in [-0.2, -0.15) is 10.2 Å². The van der Waals surface area contributed by atoms with E-state index < -0.39 is 17.0 Å². The van der Waals surface area contributed by atoms with E-state index in [-0.39, 0.29) is 29.2 Å². The fourth-order valence-electron chi connectivity index (χ4n) is 6.15. The molecule has 34 heavy (non-hydrogen) atoms. The molecule has 0 saturated heterocycles. The summed E-state index contributed by atoms with van der Waals surface area (Å²) in [6.45, 7) is 4.30. The van der Waals surface area contributed by atoms with E-state index in [2.05, 4.69) is 34.2 Å². The Morgan fingerprint density at radius 3 is 2.50 bits per heavy atom. The van der Waals surface area contributed by atoms with Crippen LogP contribution in [0.15, 0.2) is 48.5 Å². The zero-order valence-electron chi connectivity index (χ0n) is 18.8. The second kappa shape index (κ2) is 7.24. The van der Waals surface area contributed by atoms with E-state index in [1.54, 1.807) is 6.07 Å². The number of benzene rings is 1. The van der Waals surface area contributed by atoms with Crippen LogP contribution < -0.4 is 0 Å². The van der Waals surface area contributed by atoms with E-state index in [1.165, 1.54) is 18.2 Å². The summed E-state index contributed by atoms with van der Waals surface area (Å²) in [5.41, 5.74) is 4.04. The van der Waals surface area contributed by atoms with Crippen LogP contribution in [0.4, 0.5) is 8.78 Å². The van der Waals surface area contributed by atoms with E-state index in [0.717, 1.165) is 29.8 Å². The summed E-state index contributed by atoms with van der Waals surface area (Å²) in [7, 11) is 0. The zero-order chi connectivity index (χ0) is 23.7. The van der Waals surface area contributed by atoms with Gasteiger partial charge in [0, 0.05) is 0 Å². The van der Waals surface area contributed by atoms with Crippen molar-refractivity contribution in [2.24, 2.45) is 5.41 Å². The number of aliphatic hydroxyl groups excluding tert-OH is 1. The summed E-state index contributed by atoms with van der Waals surface area (Å²) in [6.07, 6.45) is 1.78. The predicted octanol–water partition coefficient (Wildman–Crippen LogP) is 4.90. The Balaban J connectivity index is 1.51. The normalized spacial score (nSPS) is 22.2. The Labute approximate surface area is 195 Å². The van der Waals surface area contributed by atoms with Crippen LogP contribution >= 0.6 is 0 Å². The molecular weight excluding hydrogens is 436 g/mol. The molecule has 1 fully saturated rings. The van der Waals surface area contributed by atoms with Crippen molar-refractivity contribution in [2.45, 2.75) is 44.6 Å². The van der Waals surface area contributed by atoms with Gasteiger partial charge >= 0.3 is 0 Å². The number of nitrogens with zero attached hydrogens (tertiary/aromatic N) is 4. The van der Waals surface area contributed by atoms with Gasteiger partial charge in [-0.3, -0.25) is 10.1 Å². The molecule has 3 aromatic heterocycles. The maximum Gasteiger partial charge on any atom is 0.135 e. The van der Waals surface area contributed by atoms with Crippen LogP contribution in [0.3, 0.4) is 0 Å². The lowest BCUT2D eigenvalue weighted by atomic mass is 9.66. The van der Waals surface area contributed by atoms with E-state index in [4.69, 9.17) is 4.98 Å². The van der Waals surface area contributed by atoms with Gasteiger partial charge < -0.3 is 5.11 Å². The number of nitrogens with one attached hydrogen (secondary N) is 1. The van der Waals surface area contributed by atoms with Crippen molar-refractivity contribution < 1.29 is 13.9 Å². The second-order valence-electron chi connectivity index (χ2n) is 9.69. The molecule has 6 rings (SSSR count). The molecule has 2 atom stereocenters. The van der Waals surface area contributed by atoms with Crippen LogP contribution in [-0.4, -0.2) is 30.5 Å². The Morgan fingerprint density at radius 1 is 1.00 bits per heavy atom. The van der Waals surface area contributed by atoms with Gasteiger partial charge in [0.2, 0.25) is 0 Å². The van der Waals surface area contributed by atoms with Gasteiger partial charge in [-0.1, -0.05) is 26.0 Å². The maximum absolute atomic E-state index is 14.5. The highest BCUT2D eigenvalue weighted by Gasteiger charge is 2.65. The van der Waals surface area contributed by atoms with Gasteiger partial charge in [0.1, 0.15) is 17.3 Å².